The van der Waals surface area contributed by atoms with E-state index in [0.29, 0.717) is 59.0 Å². The lowest BCUT2D eigenvalue weighted by molar-refractivity contribution is -0.138. The molecule has 0 spiro atoms. The maximum absolute atomic E-state index is 13.4. The minimum atomic E-state index is -4.42. The Morgan fingerprint density at radius 3 is 2.56 bits per heavy atom. The zero-order valence-corrected chi connectivity index (χ0v) is 19.0. The number of anilines is 1. The largest absolute Gasteiger partial charge is 0.416 e. The van der Waals surface area contributed by atoms with Crippen LogP contribution in [0.25, 0.3) is 10.9 Å². The molecule has 1 saturated heterocycles. The van der Waals surface area contributed by atoms with Crippen molar-refractivity contribution in [3.63, 3.8) is 0 Å². The van der Waals surface area contributed by atoms with Crippen LogP contribution in [0.4, 0.5) is 19.0 Å². The first-order chi connectivity index (χ1) is 15.1. The van der Waals surface area contributed by atoms with Crippen LogP contribution < -0.4 is 16.1 Å². The lowest BCUT2D eigenvalue weighted by Gasteiger charge is -2.24. The van der Waals surface area contributed by atoms with Crippen LogP contribution in [0.1, 0.15) is 35.5 Å². The van der Waals surface area contributed by atoms with E-state index in [-0.39, 0.29) is 5.56 Å². The van der Waals surface area contributed by atoms with E-state index < -0.39 is 24.9 Å². The van der Waals surface area contributed by atoms with Crippen molar-refractivity contribution in [2.45, 2.75) is 33.0 Å². The highest BCUT2D eigenvalue weighted by Gasteiger charge is 2.33. The highest BCUT2D eigenvalue weighted by molar-refractivity contribution is 7.71. The van der Waals surface area contributed by atoms with Gasteiger partial charge in [-0.15, -0.1) is 0 Å². The van der Waals surface area contributed by atoms with Crippen molar-refractivity contribution in [3.8, 4) is 0 Å². The molecule has 1 fully saturated rings. The summed E-state index contributed by atoms with van der Waals surface area (Å²) in [6.45, 7) is 6.37. The van der Waals surface area contributed by atoms with Gasteiger partial charge in [0.05, 0.1) is 23.3 Å². The molecule has 1 aliphatic heterocycles. The van der Waals surface area contributed by atoms with Gasteiger partial charge < -0.3 is 15.2 Å². The minimum Gasteiger partial charge on any atom is -0.363 e. The molecule has 3 heterocycles. The number of hydrogen-bond acceptors (Lipinski definition) is 6. The van der Waals surface area contributed by atoms with Crippen LogP contribution in [0.3, 0.4) is 0 Å². The van der Waals surface area contributed by atoms with E-state index in [1.165, 1.54) is 13.0 Å². The van der Waals surface area contributed by atoms with E-state index in [1.807, 2.05) is 0 Å². The molecule has 0 amide bonds. The third kappa shape index (κ3) is 4.36. The van der Waals surface area contributed by atoms with Crippen LogP contribution in [-0.2, 0) is 10.7 Å². The van der Waals surface area contributed by atoms with Gasteiger partial charge >= 0.3 is 6.18 Å². The standard InChI is InChI=1S/C22H25F3N5OP/c1-13-16(5-4-6-18(13)22(23,24)25)14(2)28-21-17-11-20(32(31)9-7-26-8-10-32)27-12-19(17)29-15(3)30-21/h4-6,11-12,14,26H,7-10H2,1-3H3,(H,28,29,30). The molecule has 4 rings (SSSR count). The summed E-state index contributed by atoms with van der Waals surface area (Å²) >= 11 is 0. The Morgan fingerprint density at radius 2 is 1.88 bits per heavy atom. The number of rotatable bonds is 4. The topological polar surface area (TPSA) is 79.8 Å². The zero-order chi connectivity index (χ0) is 23.1. The molecular formula is C22H25F3N5OP. The van der Waals surface area contributed by atoms with Crippen molar-refractivity contribution >= 4 is 29.3 Å². The van der Waals surface area contributed by atoms with Crippen molar-refractivity contribution in [2.24, 2.45) is 0 Å². The van der Waals surface area contributed by atoms with Gasteiger partial charge in [0.25, 0.3) is 0 Å². The molecule has 0 bridgehead atoms. The summed E-state index contributed by atoms with van der Waals surface area (Å²) in [5.74, 6) is 0.998. The molecule has 0 radical (unpaired) electrons. The number of aryl methyl sites for hydroxylation is 1. The van der Waals surface area contributed by atoms with Gasteiger partial charge in [0.2, 0.25) is 0 Å². The first kappa shape index (κ1) is 22.7. The Kier molecular flexibility index (Phi) is 5.98. The first-order valence-corrected chi connectivity index (χ1v) is 12.5. The van der Waals surface area contributed by atoms with E-state index >= 15 is 0 Å². The third-order valence-electron chi connectivity index (χ3n) is 5.90. The Morgan fingerprint density at radius 1 is 1.16 bits per heavy atom. The number of nitrogens with one attached hydrogen (secondary N) is 2. The molecule has 1 unspecified atom stereocenters. The molecule has 1 aromatic carbocycles. The number of fused-ring (bicyclic) bond motifs is 1. The van der Waals surface area contributed by atoms with Gasteiger partial charge in [0.1, 0.15) is 24.2 Å². The minimum absolute atomic E-state index is 0.177. The monoisotopic (exact) mass is 463 g/mol. The highest BCUT2D eigenvalue weighted by Crippen LogP contribution is 2.44. The van der Waals surface area contributed by atoms with Gasteiger partial charge in [-0.2, -0.15) is 13.2 Å². The first-order valence-electron chi connectivity index (χ1n) is 10.5. The van der Waals surface area contributed by atoms with Gasteiger partial charge in [0, 0.05) is 30.8 Å². The fraction of sp³-hybridized carbons (Fsp3) is 0.409. The van der Waals surface area contributed by atoms with Crippen molar-refractivity contribution in [1.82, 2.24) is 20.3 Å². The highest BCUT2D eigenvalue weighted by atomic mass is 31.2. The predicted octanol–water partition coefficient (Wildman–Crippen LogP) is 4.43. The van der Waals surface area contributed by atoms with Gasteiger partial charge in [0.15, 0.2) is 0 Å². The summed E-state index contributed by atoms with van der Waals surface area (Å²) < 4.78 is 53.5. The predicted molar refractivity (Wildman–Crippen MR) is 120 cm³/mol. The maximum Gasteiger partial charge on any atom is 0.416 e. The quantitative estimate of drug-likeness (QED) is 0.558. The van der Waals surface area contributed by atoms with Crippen molar-refractivity contribution in [3.05, 3.63) is 53.0 Å². The zero-order valence-electron chi connectivity index (χ0n) is 18.1. The second-order valence-corrected chi connectivity index (χ2v) is 11.3. The van der Waals surface area contributed by atoms with Crippen LogP contribution in [0.2, 0.25) is 0 Å². The van der Waals surface area contributed by atoms with Crippen LogP contribution in [-0.4, -0.2) is 40.4 Å². The van der Waals surface area contributed by atoms with Gasteiger partial charge in [-0.25, -0.2) is 9.97 Å². The summed E-state index contributed by atoms with van der Waals surface area (Å²) in [5.41, 5.74) is 1.20. The molecule has 6 nitrogen and oxygen atoms in total. The number of halogens is 3. The molecule has 10 heteroatoms. The summed E-state index contributed by atoms with van der Waals surface area (Å²) in [4.78, 5) is 13.4. The summed E-state index contributed by atoms with van der Waals surface area (Å²) in [6, 6.07) is 5.51. The molecule has 0 saturated carbocycles. The Hall–Kier alpha value is -2.51. The van der Waals surface area contributed by atoms with Gasteiger partial charge in [-0.1, -0.05) is 12.1 Å². The van der Waals surface area contributed by atoms with Crippen molar-refractivity contribution < 1.29 is 17.7 Å². The van der Waals surface area contributed by atoms with Crippen molar-refractivity contribution in [1.29, 1.82) is 0 Å². The van der Waals surface area contributed by atoms with Gasteiger partial charge in [-0.05, 0) is 44.0 Å². The average molecular weight is 463 g/mol. The molecule has 0 aliphatic carbocycles. The third-order valence-corrected chi connectivity index (χ3v) is 8.87. The Bertz CT molecular complexity index is 1200. The second-order valence-electron chi connectivity index (χ2n) is 8.15. The summed E-state index contributed by atoms with van der Waals surface area (Å²) in [7, 11) is -2.61. The number of aromatic nitrogens is 3. The summed E-state index contributed by atoms with van der Waals surface area (Å²) in [6.07, 6.45) is -1.73. The fourth-order valence-electron chi connectivity index (χ4n) is 4.17. The van der Waals surface area contributed by atoms with E-state index in [1.54, 1.807) is 32.2 Å². The lowest BCUT2D eigenvalue weighted by Crippen LogP contribution is -2.33. The van der Waals surface area contributed by atoms with Crippen LogP contribution in [0.5, 0.6) is 0 Å². The van der Waals surface area contributed by atoms with Gasteiger partial charge in [-0.3, -0.25) is 4.98 Å². The van der Waals surface area contributed by atoms with Crippen molar-refractivity contribution in [2.75, 3.05) is 30.7 Å². The SMILES string of the molecule is Cc1nc(NC(C)c2cccc(C(F)(F)F)c2C)c2cc(P3(=O)CCNCC3)ncc2n1. The molecule has 2 aromatic heterocycles. The molecule has 1 aliphatic rings. The Balaban J connectivity index is 1.74. The smallest absolute Gasteiger partial charge is 0.363 e. The lowest BCUT2D eigenvalue weighted by atomic mass is 9.97. The molecule has 3 aromatic rings. The molecular weight excluding hydrogens is 438 g/mol. The normalized spacial score (nSPS) is 17.3. The second kappa shape index (κ2) is 8.45. The summed E-state index contributed by atoms with van der Waals surface area (Å²) in [5, 5.41) is 7.13. The number of benzene rings is 1. The van der Waals surface area contributed by atoms with E-state index in [4.69, 9.17) is 0 Å². The number of pyridine rings is 1. The number of alkyl halides is 3. The average Bonchev–Trinajstić information content (AvgIpc) is 2.73. The molecule has 170 valence electrons. The number of nitrogens with zero attached hydrogens (tertiary/aromatic N) is 3. The van der Waals surface area contributed by atoms with E-state index in [2.05, 4.69) is 25.6 Å². The molecule has 1 atom stereocenters. The number of hydrogen-bond donors (Lipinski definition) is 2. The molecule has 2 N–H and O–H groups in total. The van der Waals surface area contributed by atoms with E-state index in [0.717, 1.165) is 6.07 Å². The van der Waals surface area contributed by atoms with Crippen LogP contribution >= 0.6 is 7.14 Å². The van der Waals surface area contributed by atoms with E-state index in [9.17, 15) is 17.7 Å². The van der Waals surface area contributed by atoms with Crippen LogP contribution in [0.15, 0.2) is 30.5 Å². The molecule has 32 heavy (non-hydrogen) atoms. The Labute approximate surface area is 184 Å². The fourth-order valence-corrected chi connectivity index (χ4v) is 6.52. The maximum atomic E-state index is 13.4. The van der Waals surface area contributed by atoms with Crippen LogP contribution in [0, 0.1) is 13.8 Å².